The maximum atomic E-state index is 11.9. The second kappa shape index (κ2) is 8.49. The first-order valence-corrected chi connectivity index (χ1v) is 7.94. The Hall–Kier alpha value is -1.13. The van der Waals surface area contributed by atoms with Crippen LogP contribution in [0.15, 0.2) is 17.1 Å². The molecule has 0 radical (unpaired) electrons. The van der Waals surface area contributed by atoms with Gasteiger partial charge in [-0.05, 0) is 17.7 Å². The van der Waals surface area contributed by atoms with E-state index in [1.165, 1.54) is 24.0 Å². The van der Waals surface area contributed by atoms with E-state index in [2.05, 4.69) is 4.98 Å². The summed E-state index contributed by atoms with van der Waals surface area (Å²) in [5.74, 6) is 0.955. The molecule has 4 unspecified atom stereocenters. The van der Waals surface area contributed by atoms with Crippen molar-refractivity contribution in [2.24, 2.45) is 5.92 Å². The quantitative estimate of drug-likeness (QED) is 0.399. The van der Waals surface area contributed by atoms with Crippen LogP contribution in [0.5, 0.6) is 0 Å². The molecule has 0 aliphatic heterocycles. The minimum absolute atomic E-state index is 0.0549. The van der Waals surface area contributed by atoms with Crippen LogP contribution in [0.2, 0.25) is 0 Å². The van der Waals surface area contributed by atoms with E-state index in [4.69, 9.17) is 10.8 Å². The standard InChI is InChI=1S/C13H23N3O5S/c1-7(2)6-22-12(11(20)10(19)8(18)5-17)16-4-3-9(14)15-13(16)21/h3-4,7-8,10-12,17-20H,5-6H2,1-2H3,(H2,14,15,21). The Bertz CT molecular complexity index is 525. The SMILES string of the molecule is CC(C)CSC(C(O)C(O)C(O)CO)n1ccc(N)nc1=O. The van der Waals surface area contributed by atoms with E-state index >= 15 is 0 Å². The molecule has 1 heterocycles. The zero-order valence-electron chi connectivity index (χ0n) is 12.5. The molecule has 0 saturated heterocycles. The van der Waals surface area contributed by atoms with Crippen LogP contribution in [0.1, 0.15) is 19.2 Å². The van der Waals surface area contributed by atoms with Gasteiger partial charge in [0.15, 0.2) is 0 Å². The molecule has 0 fully saturated rings. The summed E-state index contributed by atoms with van der Waals surface area (Å²) in [4.78, 5) is 15.5. The van der Waals surface area contributed by atoms with E-state index in [-0.39, 0.29) is 11.7 Å². The van der Waals surface area contributed by atoms with Crippen molar-refractivity contribution >= 4 is 17.6 Å². The van der Waals surface area contributed by atoms with Crippen molar-refractivity contribution < 1.29 is 20.4 Å². The fourth-order valence-electron chi connectivity index (χ4n) is 1.76. The fourth-order valence-corrected chi connectivity index (χ4v) is 3.02. The van der Waals surface area contributed by atoms with Crippen LogP contribution < -0.4 is 11.4 Å². The highest BCUT2D eigenvalue weighted by molar-refractivity contribution is 7.99. The van der Waals surface area contributed by atoms with Gasteiger partial charge in [-0.15, -0.1) is 11.8 Å². The summed E-state index contributed by atoms with van der Waals surface area (Å²) in [6.45, 7) is 3.24. The predicted octanol–water partition coefficient (Wildman–Crippen LogP) is -1.21. The molecule has 8 nitrogen and oxygen atoms in total. The van der Waals surface area contributed by atoms with E-state index in [1.54, 1.807) is 0 Å². The topological polar surface area (TPSA) is 142 Å². The number of aromatic nitrogens is 2. The highest BCUT2D eigenvalue weighted by Crippen LogP contribution is 2.29. The second-order valence-electron chi connectivity index (χ2n) is 5.39. The molecule has 0 aliphatic carbocycles. The number of thioether (sulfide) groups is 1. The summed E-state index contributed by atoms with van der Waals surface area (Å²) in [5, 5.41) is 37.7. The molecule has 0 spiro atoms. The molecule has 1 aromatic rings. The molecule has 1 rings (SSSR count). The molecule has 0 aromatic carbocycles. The van der Waals surface area contributed by atoms with Gasteiger partial charge in [0.25, 0.3) is 0 Å². The molecule has 0 aliphatic rings. The van der Waals surface area contributed by atoms with Crippen molar-refractivity contribution in [3.63, 3.8) is 0 Å². The highest BCUT2D eigenvalue weighted by atomic mass is 32.2. The summed E-state index contributed by atoms with van der Waals surface area (Å²) in [6, 6.07) is 1.41. The number of aliphatic hydroxyl groups is 4. The van der Waals surface area contributed by atoms with Crippen LogP contribution in [0.25, 0.3) is 0 Å². The lowest BCUT2D eigenvalue weighted by molar-refractivity contribution is -0.0821. The molecule has 0 saturated carbocycles. The summed E-state index contributed by atoms with van der Waals surface area (Å²) >= 11 is 1.25. The number of nitrogens with two attached hydrogens (primary N) is 1. The van der Waals surface area contributed by atoms with Crippen LogP contribution in [-0.2, 0) is 0 Å². The van der Waals surface area contributed by atoms with Crippen LogP contribution in [0.3, 0.4) is 0 Å². The normalized spacial score (nSPS) is 17.2. The Labute approximate surface area is 132 Å². The molecule has 22 heavy (non-hydrogen) atoms. The van der Waals surface area contributed by atoms with Gasteiger partial charge in [-0.3, -0.25) is 4.57 Å². The molecular formula is C13H23N3O5S. The van der Waals surface area contributed by atoms with E-state index in [9.17, 15) is 20.1 Å². The van der Waals surface area contributed by atoms with Gasteiger partial charge in [-0.1, -0.05) is 13.8 Å². The van der Waals surface area contributed by atoms with Crippen molar-refractivity contribution in [1.82, 2.24) is 9.55 Å². The molecule has 9 heteroatoms. The summed E-state index contributed by atoms with van der Waals surface area (Å²) in [7, 11) is 0. The number of aliphatic hydroxyl groups excluding tert-OH is 4. The molecule has 126 valence electrons. The number of nitrogen functional groups attached to an aromatic ring is 1. The first kappa shape index (κ1) is 18.9. The maximum Gasteiger partial charge on any atom is 0.350 e. The predicted molar refractivity (Wildman–Crippen MR) is 84.3 cm³/mol. The van der Waals surface area contributed by atoms with Gasteiger partial charge in [0.2, 0.25) is 0 Å². The van der Waals surface area contributed by atoms with E-state index in [0.717, 1.165) is 4.57 Å². The monoisotopic (exact) mass is 333 g/mol. The lowest BCUT2D eigenvalue weighted by Gasteiger charge is -2.30. The van der Waals surface area contributed by atoms with Crippen molar-refractivity contribution in [3.8, 4) is 0 Å². The number of hydrogen-bond donors (Lipinski definition) is 5. The second-order valence-corrected chi connectivity index (χ2v) is 6.54. The third-order valence-electron chi connectivity index (χ3n) is 2.95. The van der Waals surface area contributed by atoms with Gasteiger partial charge in [0, 0.05) is 6.20 Å². The van der Waals surface area contributed by atoms with Gasteiger partial charge < -0.3 is 26.2 Å². The number of nitrogens with zero attached hydrogens (tertiary/aromatic N) is 2. The van der Waals surface area contributed by atoms with Crippen LogP contribution >= 0.6 is 11.8 Å². The lowest BCUT2D eigenvalue weighted by Crippen LogP contribution is -2.45. The summed E-state index contributed by atoms with van der Waals surface area (Å²) < 4.78 is 1.15. The fraction of sp³-hybridized carbons (Fsp3) is 0.692. The Morgan fingerprint density at radius 3 is 2.45 bits per heavy atom. The van der Waals surface area contributed by atoms with Gasteiger partial charge in [-0.2, -0.15) is 4.98 Å². The molecule has 0 amide bonds. The third kappa shape index (κ3) is 4.96. The summed E-state index contributed by atoms with van der Waals surface area (Å²) in [6.07, 6.45) is -3.19. The average molecular weight is 333 g/mol. The largest absolute Gasteiger partial charge is 0.394 e. The maximum absolute atomic E-state index is 11.9. The average Bonchev–Trinajstić information content (AvgIpc) is 2.46. The zero-order valence-corrected chi connectivity index (χ0v) is 13.3. The first-order chi connectivity index (χ1) is 10.3. The first-order valence-electron chi connectivity index (χ1n) is 6.89. The van der Waals surface area contributed by atoms with E-state index in [0.29, 0.717) is 5.75 Å². The smallest absolute Gasteiger partial charge is 0.350 e. The van der Waals surface area contributed by atoms with Gasteiger partial charge in [0.05, 0.1) is 6.61 Å². The van der Waals surface area contributed by atoms with Gasteiger partial charge >= 0.3 is 5.69 Å². The Kier molecular flexibility index (Phi) is 7.30. The van der Waals surface area contributed by atoms with Crippen LogP contribution in [-0.4, -0.2) is 60.6 Å². The Morgan fingerprint density at radius 1 is 1.32 bits per heavy atom. The van der Waals surface area contributed by atoms with E-state index < -0.39 is 36.0 Å². The Balaban J connectivity index is 3.09. The number of anilines is 1. The molecular weight excluding hydrogens is 310 g/mol. The van der Waals surface area contributed by atoms with Gasteiger partial charge in [0.1, 0.15) is 29.5 Å². The van der Waals surface area contributed by atoms with Crippen LogP contribution in [0, 0.1) is 5.92 Å². The Morgan fingerprint density at radius 2 is 1.95 bits per heavy atom. The summed E-state index contributed by atoms with van der Waals surface area (Å²) in [5.41, 5.74) is 4.78. The molecule has 4 atom stereocenters. The lowest BCUT2D eigenvalue weighted by atomic mass is 10.1. The molecule has 6 N–H and O–H groups in total. The third-order valence-corrected chi connectivity index (χ3v) is 4.66. The van der Waals surface area contributed by atoms with Crippen molar-refractivity contribution in [1.29, 1.82) is 0 Å². The van der Waals surface area contributed by atoms with Crippen molar-refractivity contribution in [2.45, 2.75) is 37.5 Å². The van der Waals surface area contributed by atoms with Gasteiger partial charge in [-0.25, -0.2) is 4.79 Å². The van der Waals surface area contributed by atoms with E-state index in [1.807, 2.05) is 13.8 Å². The number of hydrogen-bond acceptors (Lipinski definition) is 8. The molecule has 0 bridgehead atoms. The molecule has 1 aromatic heterocycles. The van der Waals surface area contributed by atoms with Crippen molar-refractivity contribution in [3.05, 3.63) is 22.7 Å². The minimum Gasteiger partial charge on any atom is -0.394 e. The van der Waals surface area contributed by atoms with Crippen molar-refractivity contribution in [2.75, 3.05) is 18.1 Å². The number of rotatable bonds is 8. The zero-order chi connectivity index (χ0) is 16.9. The van der Waals surface area contributed by atoms with Crippen LogP contribution in [0.4, 0.5) is 5.82 Å². The highest BCUT2D eigenvalue weighted by Gasteiger charge is 2.33. The minimum atomic E-state index is -1.60.